The molecule has 0 saturated carbocycles. The summed E-state index contributed by atoms with van der Waals surface area (Å²) in [7, 11) is 0. The van der Waals surface area contributed by atoms with Crippen molar-refractivity contribution in [3.05, 3.63) is 36.1 Å². The molecule has 2 N–H and O–H groups in total. The van der Waals surface area contributed by atoms with E-state index in [0.717, 1.165) is 12.1 Å². The van der Waals surface area contributed by atoms with Crippen molar-refractivity contribution in [2.24, 2.45) is 0 Å². The molecule has 17 heavy (non-hydrogen) atoms. The molecule has 2 heterocycles. The zero-order valence-electron chi connectivity index (χ0n) is 9.57. The minimum Gasteiger partial charge on any atom is -0.367 e. The number of nitrogens with one attached hydrogen (secondary N) is 2. The van der Waals surface area contributed by atoms with Crippen LogP contribution in [0.25, 0.3) is 0 Å². The highest BCUT2D eigenvalue weighted by Crippen LogP contribution is 2.12. The van der Waals surface area contributed by atoms with Gasteiger partial charge in [-0.3, -0.25) is 0 Å². The molecular formula is C11H14FN5. The first-order valence-corrected chi connectivity index (χ1v) is 5.51. The summed E-state index contributed by atoms with van der Waals surface area (Å²) >= 11 is 0. The van der Waals surface area contributed by atoms with Gasteiger partial charge >= 0.3 is 0 Å². The average molecular weight is 235 g/mol. The molecule has 0 saturated heterocycles. The molecule has 0 aromatic carbocycles. The number of imidazole rings is 1. The van der Waals surface area contributed by atoms with Gasteiger partial charge in [0.05, 0.1) is 12.0 Å². The maximum absolute atomic E-state index is 13.7. The highest BCUT2D eigenvalue weighted by atomic mass is 19.1. The molecule has 0 aliphatic rings. The van der Waals surface area contributed by atoms with Crippen molar-refractivity contribution in [1.29, 1.82) is 0 Å². The van der Waals surface area contributed by atoms with Gasteiger partial charge in [-0.1, -0.05) is 6.92 Å². The third kappa shape index (κ3) is 2.77. The second-order valence-electron chi connectivity index (χ2n) is 3.59. The number of H-pyrrole nitrogens is 1. The van der Waals surface area contributed by atoms with Crippen molar-refractivity contribution in [3.8, 4) is 0 Å². The Morgan fingerprint density at radius 3 is 3.00 bits per heavy atom. The Balaban J connectivity index is 1.95. The molecule has 0 spiro atoms. The number of aromatic nitrogens is 4. The lowest BCUT2D eigenvalue weighted by atomic mass is 10.3. The van der Waals surface area contributed by atoms with Crippen LogP contribution in [0.3, 0.4) is 0 Å². The molecule has 5 nitrogen and oxygen atoms in total. The number of rotatable bonds is 5. The molecule has 2 rings (SSSR count). The van der Waals surface area contributed by atoms with Gasteiger partial charge in [-0.05, 0) is 6.42 Å². The van der Waals surface area contributed by atoms with Crippen LogP contribution in [0.2, 0.25) is 0 Å². The van der Waals surface area contributed by atoms with Gasteiger partial charge in [0.25, 0.3) is 0 Å². The zero-order chi connectivity index (χ0) is 12.1. The van der Waals surface area contributed by atoms with Gasteiger partial charge in [-0.15, -0.1) is 0 Å². The van der Waals surface area contributed by atoms with Gasteiger partial charge in [0.1, 0.15) is 6.33 Å². The minimum absolute atomic E-state index is 0.261. The highest BCUT2D eigenvalue weighted by Gasteiger charge is 2.08. The van der Waals surface area contributed by atoms with Crippen LogP contribution in [0.4, 0.5) is 10.2 Å². The Labute approximate surface area is 98.5 Å². The summed E-state index contributed by atoms with van der Waals surface area (Å²) in [5.74, 6) is -0.101. The molecule has 0 atom stereocenters. The van der Waals surface area contributed by atoms with Crippen molar-refractivity contribution < 1.29 is 4.39 Å². The van der Waals surface area contributed by atoms with Gasteiger partial charge < -0.3 is 10.3 Å². The van der Waals surface area contributed by atoms with E-state index in [9.17, 15) is 4.39 Å². The van der Waals surface area contributed by atoms with E-state index in [-0.39, 0.29) is 11.6 Å². The van der Waals surface area contributed by atoms with Crippen molar-refractivity contribution >= 4 is 5.82 Å². The summed E-state index contributed by atoms with van der Waals surface area (Å²) in [4.78, 5) is 14.6. The Morgan fingerprint density at radius 1 is 1.41 bits per heavy atom. The summed E-state index contributed by atoms with van der Waals surface area (Å²) < 4.78 is 13.7. The summed E-state index contributed by atoms with van der Waals surface area (Å²) in [6.45, 7) is 2.46. The number of aryl methyl sites for hydroxylation is 1. The first kappa shape index (κ1) is 11.5. The fourth-order valence-corrected chi connectivity index (χ4v) is 1.51. The van der Waals surface area contributed by atoms with Gasteiger partial charge in [-0.25, -0.2) is 19.3 Å². The van der Waals surface area contributed by atoms with E-state index in [2.05, 4.69) is 25.3 Å². The van der Waals surface area contributed by atoms with Crippen LogP contribution in [0.5, 0.6) is 0 Å². The number of halogens is 1. The predicted molar refractivity (Wildman–Crippen MR) is 62.1 cm³/mol. The Hall–Kier alpha value is -1.98. The fraction of sp³-hybridized carbons (Fsp3) is 0.364. The van der Waals surface area contributed by atoms with E-state index in [4.69, 9.17) is 0 Å². The lowest BCUT2D eigenvalue weighted by Crippen LogP contribution is -2.10. The first-order chi connectivity index (χ1) is 8.31. The number of anilines is 1. The van der Waals surface area contributed by atoms with E-state index in [1.165, 1.54) is 6.33 Å². The van der Waals surface area contributed by atoms with Crippen LogP contribution in [0, 0.1) is 5.82 Å². The number of aromatic amines is 1. The molecule has 0 radical (unpaired) electrons. The van der Waals surface area contributed by atoms with Crippen molar-refractivity contribution in [3.63, 3.8) is 0 Å². The molecule has 2 aromatic rings. The van der Waals surface area contributed by atoms with E-state index >= 15 is 0 Å². The molecule has 0 fully saturated rings. The Morgan fingerprint density at radius 2 is 2.29 bits per heavy atom. The third-order valence-corrected chi connectivity index (χ3v) is 2.44. The molecule has 0 bridgehead atoms. The van der Waals surface area contributed by atoms with Gasteiger partial charge in [-0.2, -0.15) is 0 Å². The molecule has 6 heteroatoms. The Bertz CT molecular complexity index is 469. The summed E-state index contributed by atoms with van der Waals surface area (Å²) in [6, 6.07) is 0. The molecule has 90 valence electrons. The molecule has 0 unspecified atom stereocenters. The van der Waals surface area contributed by atoms with Crippen LogP contribution in [-0.2, 0) is 12.8 Å². The number of hydrogen-bond acceptors (Lipinski definition) is 4. The van der Waals surface area contributed by atoms with Crippen LogP contribution in [-0.4, -0.2) is 26.5 Å². The highest BCUT2D eigenvalue weighted by molar-refractivity contribution is 5.37. The van der Waals surface area contributed by atoms with E-state index in [1.807, 2.05) is 6.92 Å². The normalized spacial score (nSPS) is 10.5. The van der Waals surface area contributed by atoms with E-state index < -0.39 is 0 Å². The zero-order valence-corrected chi connectivity index (χ0v) is 9.57. The molecular weight excluding hydrogens is 221 g/mol. The van der Waals surface area contributed by atoms with Crippen LogP contribution in [0.1, 0.15) is 18.3 Å². The lowest BCUT2D eigenvalue weighted by Gasteiger charge is -2.07. The number of hydrogen-bond donors (Lipinski definition) is 2. The predicted octanol–water partition coefficient (Wildman–Crippen LogP) is 1.56. The van der Waals surface area contributed by atoms with Gasteiger partial charge in [0.2, 0.25) is 0 Å². The van der Waals surface area contributed by atoms with Crippen LogP contribution in [0.15, 0.2) is 18.9 Å². The first-order valence-electron chi connectivity index (χ1n) is 5.51. The van der Waals surface area contributed by atoms with Gasteiger partial charge in [0, 0.05) is 24.9 Å². The minimum atomic E-state index is -0.361. The average Bonchev–Trinajstić information content (AvgIpc) is 2.84. The smallest absolute Gasteiger partial charge is 0.186 e. The fourth-order valence-electron chi connectivity index (χ4n) is 1.51. The molecule has 0 aliphatic carbocycles. The topological polar surface area (TPSA) is 66.5 Å². The van der Waals surface area contributed by atoms with Crippen molar-refractivity contribution in [1.82, 2.24) is 19.9 Å². The lowest BCUT2D eigenvalue weighted by molar-refractivity contribution is 0.596. The van der Waals surface area contributed by atoms with E-state index in [1.54, 1.807) is 12.5 Å². The third-order valence-electron chi connectivity index (χ3n) is 2.44. The van der Waals surface area contributed by atoms with Crippen molar-refractivity contribution in [2.75, 3.05) is 11.9 Å². The monoisotopic (exact) mass is 235 g/mol. The quantitative estimate of drug-likeness (QED) is 0.825. The maximum atomic E-state index is 13.7. The standard InChI is InChI=1S/C11H14FN5/c1-2-9-10(12)11(17-7-16-9)14-4-3-8-5-13-6-15-8/h5-7H,2-4H2,1H3,(H,13,15)(H,14,16,17). The van der Waals surface area contributed by atoms with E-state index in [0.29, 0.717) is 18.7 Å². The SMILES string of the molecule is CCc1ncnc(NCCc2cnc[nH]2)c1F. The largest absolute Gasteiger partial charge is 0.367 e. The second-order valence-corrected chi connectivity index (χ2v) is 3.59. The van der Waals surface area contributed by atoms with Crippen molar-refractivity contribution in [2.45, 2.75) is 19.8 Å². The summed E-state index contributed by atoms with van der Waals surface area (Å²) in [6.07, 6.45) is 6.04. The molecule has 0 amide bonds. The molecule has 0 aliphatic heterocycles. The molecule has 2 aromatic heterocycles. The summed E-state index contributed by atoms with van der Waals surface area (Å²) in [5, 5.41) is 2.95. The Kier molecular flexibility index (Phi) is 3.64. The maximum Gasteiger partial charge on any atom is 0.186 e. The van der Waals surface area contributed by atoms with Gasteiger partial charge in [0.15, 0.2) is 11.6 Å². The van der Waals surface area contributed by atoms with Crippen LogP contribution >= 0.6 is 0 Å². The second kappa shape index (κ2) is 5.38. The summed E-state index contributed by atoms with van der Waals surface area (Å²) in [5.41, 5.74) is 1.44. The number of nitrogens with zero attached hydrogens (tertiary/aromatic N) is 3. The van der Waals surface area contributed by atoms with Crippen LogP contribution < -0.4 is 5.32 Å².